The van der Waals surface area contributed by atoms with Crippen molar-refractivity contribution in [3.63, 3.8) is 0 Å². The largest absolute Gasteiger partial charge is 0.355 e. The highest BCUT2D eigenvalue weighted by Crippen LogP contribution is 2.21. The van der Waals surface area contributed by atoms with Crippen molar-refractivity contribution in [3.05, 3.63) is 101 Å². The van der Waals surface area contributed by atoms with E-state index in [4.69, 9.17) is 0 Å². The standard InChI is InChI=1S/C30H36FN3O4S/c1-4-32-30(36)28(21-24-11-6-5-7-12-24)33(22-25-13-8-10-23(2)20-25)29(35)14-9-19-34(39(3,37)38)27-17-15-26(31)16-18-27/h5-8,10-13,15-18,20,28H,4,9,14,19,21-22H2,1-3H3,(H,32,36). The summed E-state index contributed by atoms with van der Waals surface area (Å²) in [7, 11) is -3.66. The second-order valence-electron chi connectivity index (χ2n) is 9.53. The van der Waals surface area contributed by atoms with Gasteiger partial charge in [-0.15, -0.1) is 0 Å². The number of hydrogen-bond acceptors (Lipinski definition) is 4. The number of aryl methyl sites for hydroxylation is 1. The van der Waals surface area contributed by atoms with E-state index in [1.54, 1.807) is 4.90 Å². The van der Waals surface area contributed by atoms with Gasteiger partial charge >= 0.3 is 0 Å². The molecule has 0 spiro atoms. The zero-order valence-corrected chi connectivity index (χ0v) is 23.5. The Labute approximate surface area is 230 Å². The average molecular weight is 554 g/mol. The SMILES string of the molecule is CCNC(=O)C(Cc1ccccc1)N(Cc1cccc(C)c1)C(=O)CCCN(c1ccc(F)cc1)S(C)(=O)=O. The normalized spacial score (nSPS) is 12.0. The third-order valence-corrected chi connectivity index (χ3v) is 7.52. The van der Waals surface area contributed by atoms with E-state index >= 15 is 0 Å². The van der Waals surface area contributed by atoms with Gasteiger partial charge in [0, 0.05) is 32.5 Å². The molecule has 39 heavy (non-hydrogen) atoms. The van der Waals surface area contributed by atoms with Crippen LogP contribution in [0.5, 0.6) is 0 Å². The van der Waals surface area contributed by atoms with Crippen LogP contribution in [0.1, 0.15) is 36.5 Å². The molecular weight excluding hydrogens is 517 g/mol. The van der Waals surface area contributed by atoms with E-state index in [9.17, 15) is 22.4 Å². The van der Waals surface area contributed by atoms with Crippen LogP contribution >= 0.6 is 0 Å². The highest BCUT2D eigenvalue weighted by atomic mass is 32.2. The molecule has 0 heterocycles. The molecule has 9 heteroatoms. The Balaban J connectivity index is 1.85. The zero-order chi connectivity index (χ0) is 28.4. The molecule has 0 bridgehead atoms. The predicted octanol–water partition coefficient (Wildman–Crippen LogP) is 4.46. The number of nitrogens with zero attached hydrogens (tertiary/aromatic N) is 2. The van der Waals surface area contributed by atoms with Crippen LogP contribution in [-0.2, 0) is 32.6 Å². The van der Waals surface area contributed by atoms with Crippen molar-refractivity contribution in [2.45, 2.75) is 45.7 Å². The van der Waals surface area contributed by atoms with Crippen LogP contribution in [0.4, 0.5) is 10.1 Å². The van der Waals surface area contributed by atoms with Gasteiger partial charge in [0.05, 0.1) is 11.9 Å². The summed E-state index contributed by atoms with van der Waals surface area (Å²) in [6, 6.07) is 21.8. The van der Waals surface area contributed by atoms with Crippen LogP contribution in [0.3, 0.4) is 0 Å². The fraction of sp³-hybridized carbons (Fsp3) is 0.333. The molecule has 1 atom stereocenters. The van der Waals surface area contributed by atoms with Gasteiger partial charge in [0.25, 0.3) is 0 Å². The maximum atomic E-state index is 13.7. The van der Waals surface area contributed by atoms with Gasteiger partial charge in [0.2, 0.25) is 21.8 Å². The summed E-state index contributed by atoms with van der Waals surface area (Å²) in [6.45, 7) is 4.51. The molecule has 0 aliphatic carbocycles. The van der Waals surface area contributed by atoms with E-state index < -0.39 is 21.9 Å². The highest BCUT2D eigenvalue weighted by Gasteiger charge is 2.30. The topological polar surface area (TPSA) is 86.8 Å². The van der Waals surface area contributed by atoms with E-state index in [0.29, 0.717) is 18.7 Å². The lowest BCUT2D eigenvalue weighted by Gasteiger charge is -2.32. The Bertz CT molecular complexity index is 1350. The molecule has 3 aromatic rings. The maximum absolute atomic E-state index is 13.7. The van der Waals surface area contributed by atoms with Gasteiger partial charge in [0.1, 0.15) is 11.9 Å². The third-order valence-electron chi connectivity index (χ3n) is 6.32. The lowest BCUT2D eigenvalue weighted by Crippen LogP contribution is -2.50. The number of likely N-dealkylation sites (N-methyl/N-ethyl adjacent to an activating group) is 1. The number of amides is 2. The number of hydrogen-bond donors (Lipinski definition) is 1. The van der Waals surface area contributed by atoms with E-state index in [2.05, 4.69) is 5.32 Å². The molecular formula is C30H36FN3O4S. The van der Waals surface area contributed by atoms with Gasteiger partial charge in [-0.05, 0) is 55.7 Å². The van der Waals surface area contributed by atoms with Gasteiger partial charge in [-0.1, -0.05) is 60.2 Å². The Hall–Kier alpha value is -3.72. The summed E-state index contributed by atoms with van der Waals surface area (Å²) in [5.74, 6) is -0.966. The third kappa shape index (κ3) is 8.92. The molecule has 3 rings (SSSR count). The highest BCUT2D eigenvalue weighted by molar-refractivity contribution is 7.92. The zero-order valence-electron chi connectivity index (χ0n) is 22.6. The first kappa shape index (κ1) is 29.8. The molecule has 0 aliphatic heterocycles. The van der Waals surface area contributed by atoms with Gasteiger partial charge in [-0.3, -0.25) is 13.9 Å². The van der Waals surface area contributed by atoms with Crippen LogP contribution in [0, 0.1) is 12.7 Å². The van der Waals surface area contributed by atoms with Crippen LogP contribution in [0.25, 0.3) is 0 Å². The molecule has 0 radical (unpaired) electrons. The number of carbonyl (C=O) groups excluding carboxylic acids is 2. The summed E-state index contributed by atoms with van der Waals surface area (Å²) in [6.07, 6.45) is 1.67. The number of halogens is 1. The van der Waals surface area contributed by atoms with Crippen LogP contribution in [0.2, 0.25) is 0 Å². The number of nitrogens with one attached hydrogen (secondary N) is 1. The molecule has 0 aromatic heterocycles. The molecule has 0 saturated heterocycles. The summed E-state index contributed by atoms with van der Waals surface area (Å²) < 4.78 is 39.5. The van der Waals surface area contributed by atoms with Crippen molar-refractivity contribution in [3.8, 4) is 0 Å². The number of anilines is 1. The Morgan fingerprint density at radius 1 is 0.949 bits per heavy atom. The first-order valence-electron chi connectivity index (χ1n) is 13.0. The lowest BCUT2D eigenvalue weighted by molar-refractivity contribution is -0.141. The van der Waals surface area contributed by atoms with Crippen LogP contribution in [-0.4, -0.2) is 50.5 Å². The van der Waals surface area contributed by atoms with Crippen LogP contribution in [0.15, 0.2) is 78.9 Å². The summed E-state index contributed by atoms with van der Waals surface area (Å²) >= 11 is 0. The fourth-order valence-corrected chi connectivity index (χ4v) is 5.43. The second kappa shape index (κ2) is 13.9. The molecule has 7 nitrogen and oxygen atoms in total. The van der Waals surface area contributed by atoms with Crippen LogP contribution < -0.4 is 9.62 Å². The van der Waals surface area contributed by atoms with E-state index in [1.807, 2.05) is 68.4 Å². The Morgan fingerprint density at radius 2 is 1.62 bits per heavy atom. The molecule has 1 N–H and O–H groups in total. The van der Waals surface area contributed by atoms with Crippen molar-refractivity contribution in [2.75, 3.05) is 23.7 Å². The summed E-state index contributed by atoms with van der Waals surface area (Å²) in [5, 5.41) is 2.87. The smallest absolute Gasteiger partial charge is 0.243 e. The van der Waals surface area contributed by atoms with E-state index in [0.717, 1.165) is 27.3 Å². The molecule has 2 amide bonds. The molecule has 0 aliphatic rings. The minimum Gasteiger partial charge on any atom is -0.355 e. The van der Waals surface area contributed by atoms with Gasteiger partial charge < -0.3 is 10.2 Å². The van der Waals surface area contributed by atoms with Gasteiger partial charge in [-0.2, -0.15) is 0 Å². The molecule has 1 unspecified atom stereocenters. The molecule has 0 fully saturated rings. The van der Waals surface area contributed by atoms with Crippen molar-refractivity contribution in [1.29, 1.82) is 0 Å². The number of sulfonamides is 1. The quantitative estimate of drug-likeness (QED) is 0.339. The lowest BCUT2D eigenvalue weighted by atomic mass is 10.0. The molecule has 3 aromatic carbocycles. The predicted molar refractivity (Wildman–Crippen MR) is 152 cm³/mol. The van der Waals surface area contributed by atoms with Gasteiger partial charge in [0.15, 0.2) is 0 Å². The molecule has 208 valence electrons. The Morgan fingerprint density at radius 3 is 2.23 bits per heavy atom. The first-order chi connectivity index (χ1) is 18.6. The minimum atomic E-state index is -3.66. The number of benzene rings is 3. The minimum absolute atomic E-state index is 0.0315. The monoisotopic (exact) mass is 553 g/mol. The summed E-state index contributed by atoms with van der Waals surface area (Å²) in [5.41, 5.74) is 3.19. The summed E-state index contributed by atoms with van der Waals surface area (Å²) in [4.78, 5) is 28.6. The van der Waals surface area contributed by atoms with Crippen molar-refractivity contribution in [2.24, 2.45) is 0 Å². The van der Waals surface area contributed by atoms with Crippen molar-refractivity contribution < 1.29 is 22.4 Å². The molecule has 0 saturated carbocycles. The first-order valence-corrected chi connectivity index (χ1v) is 14.8. The fourth-order valence-electron chi connectivity index (χ4n) is 4.46. The maximum Gasteiger partial charge on any atom is 0.243 e. The van der Waals surface area contributed by atoms with Gasteiger partial charge in [-0.25, -0.2) is 12.8 Å². The Kier molecular flexibility index (Phi) is 10.6. The number of rotatable bonds is 13. The number of carbonyl (C=O) groups is 2. The van der Waals surface area contributed by atoms with Crippen molar-refractivity contribution >= 4 is 27.5 Å². The van der Waals surface area contributed by atoms with Crippen molar-refractivity contribution in [1.82, 2.24) is 10.2 Å². The van der Waals surface area contributed by atoms with E-state index in [-0.39, 0.29) is 37.7 Å². The van der Waals surface area contributed by atoms with E-state index in [1.165, 1.54) is 24.3 Å². The second-order valence-corrected chi connectivity index (χ2v) is 11.4. The average Bonchev–Trinajstić information content (AvgIpc) is 2.89.